The molecule has 0 saturated carbocycles. The van der Waals surface area contributed by atoms with Crippen LogP contribution in [0.15, 0.2) is 75.9 Å². The van der Waals surface area contributed by atoms with Crippen LogP contribution in [0.3, 0.4) is 0 Å². The molecule has 0 atom stereocenters. The average Bonchev–Trinajstić information content (AvgIpc) is 3.70. The number of benzene rings is 2. The van der Waals surface area contributed by atoms with Gasteiger partial charge in [-0.05, 0) is 40.7 Å². The SMILES string of the molecule is COc1cc(OCc2cccc(CC(=O)c3ccco3)c2)c2cc(-c3cn4nc(OC)sc4n3)oc2c1. The molecule has 0 bridgehead atoms. The van der Waals surface area contributed by atoms with Crippen LogP contribution in [-0.2, 0) is 13.0 Å². The van der Waals surface area contributed by atoms with Crippen molar-refractivity contribution < 1.29 is 27.8 Å². The third kappa shape index (κ3) is 4.54. The van der Waals surface area contributed by atoms with E-state index in [4.69, 9.17) is 23.0 Å². The van der Waals surface area contributed by atoms with Crippen LogP contribution in [0, 0.1) is 0 Å². The topological polar surface area (TPSA) is 101 Å². The third-order valence-electron chi connectivity index (χ3n) is 5.81. The molecular weight excluding hydrogens is 494 g/mol. The molecule has 0 aliphatic carbocycles. The van der Waals surface area contributed by atoms with Crippen LogP contribution < -0.4 is 14.2 Å². The predicted molar refractivity (Wildman–Crippen MR) is 137 cm³/mol. The van der Waals surface area contributed by atoms with E-state index in [1.807, 2.05) is 42.5 Å². The van der Waals surface area contributed by atoms with Crippen molar-refractivity contribution in [3.8, 4) is 28.1 Å². The van der Waals surface area contributed by atoms with Gasteiger partial charge in [0, 0.05) is 18.6 Å². The fourth-order valence-electron chi connectivity index (χ4n) is 4.03. The lowest BCUT2D eigenvalue weighted by atomic mass is 10.0. The van der Waals surface area contributed by atoms with E-state index in [9.17, 15) is 4.79 Å². The summed E-state index contributed by atoms with van der Waals surface area (Å²) in [4.78, 5) is 17.7. The number of fused-ring (bicyclic) bond motifs is 2. The van der Waals surface area contributed by atoms with Crippen LogP contribution >= 0.6 is 11.3 Å². The Morgan fingerprint density at radius 1 is 1.05 bits per heavy atom. The summed E-state index contributed by atoms with van der Waals surface area (Å²) in [5.41, 5.74) is 3.08. The first-order valence-corrected chi connectivity index (χ1v) is 12.2. The van der Waals surface area contributed by atoms with Crippen molar-refractivity contribution >= 4 is 33.1 Å². The lowest BCUT2D eigenvalue weighted by Gasteiger charge is -2.10. The second-order valence-electron chi connectivity index (χ2n) is 8.26. The van der Waals surface area contributed by atoms with Crippen molar-refractivity contribution in [1.29, 1.82) is 0 Å². The first-order valence-electron chi connectivity index (χ1n) is 11.4. The Labute approximate surface area is 214 Å². The predicted octanol–water partition coefficient (Wildman–Crippen LogP) is 5.82. The Hall–Kier alpha value is -4.57. The van der Waals surface area contributed by atoms with Crippen LogP contribution in [0.25, 0.3) is 27.4 Å². The van der Waals surface area contributed by atoms with Gasteiger partial charge in [0.1, 0.15) is 29.4 Å². The normalized spacial score (nSPS) is 11.3. The number of aromatic nitrogens is 3. The Balaban J connectivity index is 1.25. The van der Waals surface area contributed by atoms with Crippen LogP contribution in [0.2, 0.25) is 0 Å². The van der Waals surface area contributed by atoms with Gasteiger partial charge < -0.3 is 23.0 Å². The zero-order valence-corrected chi connectivity index (χ0v) is 20.8. The van der Waals surface area contributed by atoms with Crippen LogP contribution in [0.5, 0.6) is 16.7 Å². The maximum Gasteiger partial charge on any atom is 0.294 e. The van der Waals surface area contributed by atoms with Gasteiger partial charge in [0.2, 0.25) is 10.7 Å². The largest absolute Gasteiger partial charge is 0.496 e. The molecule has 10 heteroatoms. The highest BCUT2D eigenvalue weighted by Gasteiger charge is 2.17. The van der Waals surface area contributed by atoms with Gasteiger partial charge in [0.15, 0.2) is 11.5 Å². The standard InChI is InChI=1S/C27H21N3O6S/c1-32-18-11-23(35-15-17-6-3-5-16(9-17)10-21(31)22-7-4-8-34-22)19-13-25(36-24(19)12-18)20-14-30-26(28-20)37-27(29-30)33-2/h3-9,11-14H,10,15H2,1-2H3. The number of ether oxygens (including phenoxy) is 3. The number of carbonyl (C=O) groups excluding carboxylic acids is 1. The lowest BCUT2D eigenvalue weighted by Crippen LogP contribution is -2.03. The zero-order chi connectivity index (χ0) is 25.4. The summed E-state index contributed by atoms with van der Waals surface area (Å²) in [6.07, 6.45) is 3.54. The number of ketones is 1. The van der Waals surface area contributed by atoms with Gasteiger partial charge in [-0.1, -0.05) is 24.3 Å². The molecule has 4 heterocycles. The number of rotatable bonds is 9. The maximum absolute atomic E-state index is 12.4. The molecule has 0 saturated heterocycles. The van der Waals surface area contributed by atoms with Gasteiger partial charge in [-0.3, -0.25) is 4.79 Å². The minimum atomic E-state index is -0.0729. The Morgan fingerprint density at radius 2 is 1.95 bits per heavy atom. The summed E-state index contributed by atoms with van der Waals surface area (Å²) in [5.74, 6) is 2.09. The summed E-state index contributed by atoms with van der Waals surface area (Å²) in [7, 11) is 3.17. The van der Waals surface area contributed by atoms with Crippen LogP contribution in [0.1, 0.15) is 21.7 Å². The van der Waals surface area contributed by atoms with E-state index in [-0.39, 0.29) is 12.2 Å². The third-order valence-corrected chi connectivity index (χ3v) is 6.69. The Morgan fingerprint density at radius 3 is 2.73 bits per heavy atom. The molecule has 0 aliphatic heterocycles. The molecule has 0 spiro atoms. The van der Waals surface area contributed by atoms with Crippen molar-refractivity contribution in [1.82, 2.24) is 14.6 Å². The van der Waals surface area contributed by atoms with Crippen LogP contribution in [-0.4, -0.2) is 34.6 Å². The molecule has 0 unspecified atom stereocenters. The van der Waals surface area contributed by atoms with E-state index in [0.717, 1.165) is 16.5 Å². The number of hydrogen-bond donors (Lipinski definition) is 0. The fourth-order valence-corrected chi connectivity index (χ4v) is 4.73. The molecule has 0 fully saturated rings. The number of methoxy groups -OCH3 is 2. The molecule has 0 amide bonds. The maximum atomic E-state index is 12.4. The average molecular weight is 516 g/mol. The molecule has 9 nitrogen and oxygen atoms in total. The van der Waals surface area contributed by atoms with E-state index in [0.29, 0.717) is 51.1 Å². The quantitative estimate of drug-likeness (QED) is 0.222. The second-order valence-corrected chi connectivity index (χ2v) is 9.18. The summed E-state index contributed by atoms with van der Waals surface area (Å²) >= 11 is 1.34. The van der Waals surface area contributed by atoms with Crippen molar-refractivity contribution in [2.75, 3.05) is 14.2 Å². The van der Waals surface area contributed by atoms with Crippen molar-refractivity contribution in [2.45, 2.75) is 13.0 Å². The van der Waals surface area contributed by atoms with Gasteiger partial charge >= 0.3 is 0 Å². The van der Waals surface area contributed by atoms with E-state index in [2.05, 4.69) is 10.1 Å². The minimum absolute atomic E-state index is 0.0729. The molecule has 0 aliphatic rings. The summed E-state index contributed by atoms with van der Waals surface area (Å²) in [6.45, 7) is 0.301. The molecule has 2 aromatic carbocycles. The summed E-state index contributed by atoms with van der Waals surface area (Å²) < 4.78 is 29.8. The van der Waals surface area contributed by atoms with Crippen molar-refractivity contribution in [3.63, 3.8) is 0 Å². The molecule has 0 radical (unpaired) electrons. The first kappa shape index (κ1) is 22.9. The number of carbonyl (C=O) groups is 1. The number of hydrogen-bond acceptors (Lipinski definition) is 9. The van der Waals surface area contributed by atoms with E-state index in [1.54, 1.807) is 37.1 Å². The molecular formula is C27H21N3O6S. The van der Waals surface area contributed by atoms with E-state index >= 15 is 0 Å². The molecule has 4 aromatic heterocycles. The van der Waals surface area contributed by atoms with E-state index in [1.165, 1.54) is 17.6 Å². The molecule has 37 heavy (non-hydrogen) atoms. The molecule has 0 N–H and O–H groups in total. The molecule has 6 aromatic rings. The molecule has 186 valence electrons. The number of Topliss-reactive ketones (excluding diaryl/α,β-unsaturated/α-hetero) is 1. The number of imidazole rings is 1. The summed E-state index contributed by atoms with van der Waals surface area (Å²) in [6, 6.07) is 16.6. The Bertz CT molecular complexity index is 1680. The van der Waals surface area contributed by atoms with Gasteiger partial charge in [-0.2, -0.15) is 0 Å². The van der Waals surface area contributed by atoms with Crippen LogP contribution in [0.4, 0.5) is 0 Å². The lowest BCUT2D eigenvalue weighted by molar-refractivity contribution is 0.0966. The Kier molecular flexibility index (Phi) is 5.85. The van der Waals surface area contributed by atoms with Gasteiger partial charge in [-0.25, -0.2) is 9.50 Å². The van der Waals surface area contributed by atoms with Gasteiger partial charge in [0.25, 0.3) is 5.19 Å². The highest BCUT2D eigenvalue weighted by molar-refractivity contribution is 7.18. The smallest absolute Gasteiger partial charge is 0.294 e. The monoisotopic (exact) mass is 515 g/mol. The highest BCUT2D eigenvalue weighted by Crippen LogP contribution is 2.37. The fraction of sp³-hybridized carbons (Fsp3) is 0.148. The van der Waals surface area contributed by atoms with E-state index < -0.39 is 0 Å². The first-order chi connectivity index (χ1) is 18.1. The van der Waals surface area contributed by atoms with Crippen molar-refractivity contribution in [2.24, 2.45) is 0 Å². The minimum Gasteiger partial charge on any atom is -0.496 e. The number of furan rings is 2. The second kappa shape index (κ2) is 9.47. The summed E-state index contributed by atoms with van der Waals surface area (Å²) in [5, 5.41) is 5.65. The highest BCUT2D eigenvalue weighted by atomic mass is 32.1. The van der Waals surface area contributed by atoms with Gasteiger partial charge in [-0.15, -0.1) is 5.10 Å². The van der Waals surface area contributed by atoms with Crippen molar-refractivity contribution in [3.05, 3.63) is 83.9 Å². The van der Waals surface area contributed by atoms with Gasteiger partial charge in [0.05, 0.1) is 32.1 Å². The number of nitrogens with zero attached hydrogens (tertiary/aromatic N) is 3. The molecule has 6 rings (SSSR count). The zero-order valence-electron chi connectivity index (χ0n) is 20.0.